The fourth-order valence-electron chi connectivity index (χ4n) is 3.28. The van der Waals surface area contributed by atoms with E-state index in [1.807, 2.05) is 61.2 Å². The smallest absolute Gasteiger partial charge is 0.317 e. The Labute approximate surface area is 143 Å². The van der Waals surface area contributed by atoms with E-state index in [-0.39, 0.29) is 30.6 Å². The molecule has 0 bridgehead atoms. The van der Waals surface area contributed by atoms with Gasteiger partial charge in [-0.3, -0.25) is 19.4 Å². The second-order valence-electron chi connectivity index (χ2n) is 6.56. The van der Waals surface area contributed by atoms with Crippen LogP contribution >= 0.6 is 0 Å². The van der Waals surface area contributed by atoms with Crippen molar-refractivity contribution in [2.45, 2.75) is 37.9 Å². The largest absolute Gasteiger partial charge is 0.480 e. The van der Waals surface area contributed by atoms with E-state index in [2.05, 4.69) is 5.32 Å². The Balaban J connectivity index is 1.90. The third-order valence-electron chi connectivity index (χ3n) is 4.60. The van der Waals surface area contributed by atoms with Crippen LogP contribution in [-0.2, 0) is 9.59 Å². The lowest BCUT2D eigenvalue weighted by atomic mass is 9.85. The van der Waals surface area contributed by atoms with E-state index in [1.165, 1.54) is 0 Å². The number of carboxylic acids is 1. The molecule has 1 aromatic rings. The van der Waals surface area contributed by atoms with Gasteiger partial charge in [-0.1, -0.05) is 37.3 Å². The summed E-state index contributed by atoms with van der Waals surface area (Å²) in [6, 6.07) is 9.77. The van der Waals surface area contributed by atoms with Gasteiger partial charge in [0.05, 0.1) is 6.54 Å². The molecular formula is C18H27N3O3. The van der Waals surface area contributed by atoms with Crippen LogP contribution in [0, 0.1) is 0 Å². The van der Waals surface area contributed by atoms with Gasteiger partial charge in [0, 0.05) is 12.1 Å². The Kier molecular flexibility index (Phi) is 6.34. The maximum absolute atomic E-state index is 12.7. The second-order valence-corrected chi connectivity index (χ2v) is 6.56. The normalized spacial score (nSPS) is 21.4. The van der Waals surface area contributed by atoms with E-state index in [1.54, 1.807) is 0 Å². The molecule has 0 radical (unpaired) electrons. The molecule has 1 fully saturated rings. The molecule has 1 aromatic carbocycles. The van der Waals surface area contributed by atoms with Crippen molar-refractivity contribution in [2.24, 2.45) is 0 Å². The first-order chi connectivity index (χ1) is 11.4. The SMILES string of the molecule is CCN(CC(=O)O)C1CC(NC(=O)[C@H](c2ccccc2)N(C)C)C1. The van der Waals surface area contributed by atoms with Crippen LogP contribution in [0.5, 0.6) is 0 Å². The molecule has 2 rings (SSSR count). The third kappa shape index (κ3) is 4.55. The molecule has 0 unspecified atom stereocenters. The summed E-state index contributed by atoms with van der Waals surface area (Å²) in [4.78, 5) is 27.4. The molecule has 132 valence electrons. The number of aliphatic carboxylic acids is 1. The summed E-state index contributed by atoms with van der Waals surface area (Å²) < 4.78 is 0. The molecule has 6 heteroatoms. The van der Waals surface area contributed by atoms with Crippen molar-refractivity contribution in [2.75, 3.05) is 27.2 Å². The van der Waals surface area contributed by atoms with Crippen LogP contribution in [0.2, 0.25) is 0 Å². The number of likely N-dealkylation sites (N-methyl/N-ethyl adjacent to an activating group) is 2. The highest BCUT2D eigenvalue weighted by Crippen LogP contribution is 2.27. The number of rotatable bonds is 8. The predicted octanol–water partition coefficient (Wildman–Crippen LogP) is 1.34. The molecule has 0 aliphatic heterocycles. The van der Waals surface area contributed by atoms with E-state index >= 15 is 0 Å². The van der Waals surface area contributed by atoms with E-state index < -0.39 is 5.97 Å². The fourth-order valence-corrected chi connectivity index (χ4v) is 3.28. The van der Waals surface area contributed by atoms with Gasteiger partial charge in [0.25, 0.3) is 0 Å². The van der Waals surface area contributed by atoms with Crippen molar-refractivity contribution in [1.82, 2.24) is 15.1 Å². The van der Waals surface area contributed by atoms with Gasteiger partial charge in [-0.05, 0) is 39.0 Å². The summed E-state index contributed by atoms with van der Waals surface area (Å²) in [5.74, 6) is -0.808. The lowest BCUT2D eigenvalue weighted by Gasteiger charge is -2.42. The van der Waals surface area contributed by atoms with Gasteiger partial charge in [0.2, 0.25) is 5.91 Å². The van der Waals surface area contributed by atoms with Crippen LogP contribution in [-0.4, -0.2) is 66.1 Å². The van der Waals surface area contributed by atoms with Crippen LogP contribution in [0.3, 0.4) is 0 Å². The number of carbonyl (C=O) groups excluding carboxylic acids is 1. The molecule has 6 nitrogen and oxygen atoms in total. The zero-order valence-electron chi connectivity index (χ0n) is 14.6. The Morgan fingerprint density at radius 1 is 1.25 bits per heavy atom. The third-order valence-corrected chi connectivity index (χ3v) is 4.60. The Morgan fingerprint density at radius 3 is 2.38 bits per heavy atom. The molecule has 1 aliphatic carbocycles. The Hall–Kier alpha value is -1.92. The number of amides is 1. The summed E-state index contributed by atoms with van der Waals surface area (Å²) in [5.41, 5.74) is 0.969. The number of hydrogen-bond acceptors (Lipinski definition) is 4. The van der Waals surface area contributed by atoms with Crippen LogP contribution in [0.4, 0.5) is 0 Å². The van der Waals surface area contributed by atoms with Gasteiger partial charge in [-0.15, -0.1) is 0 Å². The predicted molar refractivity (Wildman–Crippen MR) is 92.7 cm³/mol. The summed E-state index contributed by atoms with van der Waals surface area (Å²) in [5, 5.41) is 12.0. The highest BCUT2D eigenvalue weighted by molar-refractivity contribution is 5.83. The minimum Gasteiger partial charge on any atom is -0.480 e. The highest BCUT2D eigenvalue weighted by atomic mass is 16.4. The summed E-state index contributed by atoms with van der Waals surface area (Å²) in [6.07, 6.45) is 1.61. The zero-order valence-corrected chi connectivity index (χ0v) is 14.6. The molecule has 1 atom stereocenters. The van der Waals surface area contributed by atoms with E-state index in [4.69, 9.17) is 5.11 Å². The van der Waals surface area contributed by atoms with E-state index in [0.717, 1.165) is 18.4 Å². The lowest BCUT2D eigenvalue weighted by molar-refractivity contribution is -0.140. The van der Waals surface area contributed by atoms with Crippen LogP contribution in [0.15, 0.2) is 30.3 Å². The molecule has 2 N–H and O–H groups in total. The molecule has 0 spiro atoms. The van der Waals surface area contributed by atoms with Gasteiger partial charge in [0.1, 0.15) is 6.04 Å². The van der Waals surface area contributed by atoms with Crippen molar-refractivity contribution in [3.05, 3.63) is 35.9 Å². The first-order valence-electron chi connectivity index (χ1n) is 8.40. The average Bonchev–Trinajstić information content (AvgIpc) is 2.49. The molecule has 0 heterocycles. The summed E-state index contributed by atoms with van der Waals surface area (Å²) in [7, 11) is 3.79. The number of carbonyl (C=O) groups is 2. The number of carboxylic acid groups (broad SMARTS) is 1. The fraction of sp³-hybridized carbons (Fsp3) is 0.556. The molecule has 0 saturated heterocycles. The topological polar surface area (TPSA) is 72.9 Å². The van der Waals surface area contributed by atoms with Gasteiger partial charge in [0.15, 0.2) is 0 Å². The van der Waals surface area contributed by atoms with Gasteiger partial charge in [-0.25, -0.2) is 0 Å². The van der Waals surface area contributed by atoms with Gasteiger partial charge in [-0.2, -0.15) is 0 Å². The second kappa shape index (κ2) is 8.26. The van der Waals surface area contributed by atoms with Crippen molar-refractivity contribution >= 4 is 11.9 Å². The van der Waals surface area contributed by atoms with Crippen molar-refractivity contribution in [3.63, 3.8) is 0 Å². The van der Waals surface area contributed by atoms with Crippen LogP contribution in [0.25, 0.3) is 0 Å². The van der Waals surface area contributed by atoms with Gasteiger partial charge >= 0.3 is 5.97 Å². The van der Waals surface area contributed by atoms with E-state index in [0.29, 0.717) is 6.54 Å². The van der Waals surface area contributed by atoms with Crippen molar-refractivity contribution < 1.29 is 14.7 Å². The first kappa shape index (κ1) is 18.4. The molecule has 24 heavy (non-hydrogen) atoms. The molecule has 1 amide bonds. The Bertz CT molecular complexity index is 556. The van der Waals surface area contributed by atoms with E-state index in [9.17, 15) is 9.59 Å². The maximum Gasteiger partial charge on any atom is 0.317 e. The molecule has 1 aliphatic rings. The molecule has 0 aromatic heterocycles. The minimum atomic E-state index is -0.805. The average molecular weight is 333 g/mol. The summed E-state index contributed by atoms with van der Waals surface area (Å²) >= 11 is 0. The minimum absolute atomic E-state index is 0.00377. The van der Waals surface area contributed by atoms with Crippen LogP contribution in [0.1, 0.15) is 31.4 Å². The standard InChI is InChI=1S/C18H27N3O3/c1-4-21(12-16(22)23)15-10-14(11-15)19-18(24)17(20(2)3)13-8-6-5-7-9-13/h5-9,14-15,17H,4,10-12H2,1-3H3,(H,19,24)(H,22,23)/t14?,15?,17-/m0/s1. The number of hydrogen-bond donors (Lipinski definition) is 2. The monoisotopic (exact) mass is 333 g/mol. The summed E-state index contributed by atoms with van der Waals surface area (Å²) in [6.45, 7) is 2.74. The Morgan fingerprint density at radius 2 is 1.88 bits per heavy atom. The zero-order chi connectivity index (χ0) is 17.7. The number of nitrogens with zero attached hydrogens (tertiary/aromatic N) is 2. The molecule has 1 saturated carbocycles. The highest BCUT2D eigenvalue weighted by Gasteiger charge is 2.36. The van der Waals surface area contributed by atoms with Gasteiger partial charge < -0.3 is 10.4 Å². The first-order valence-corrected chi connectivity index (χ1v) is 8.40. The number of benzene rings is 1. The maximum atomic E-state index is 12.7. The van der Waals surface area contributed by atoms with Crippen LogP contribution < -0.4 is 5.32 Å². The quantitative estimate of drug-likeness (QED) is 0.751. The molecular weight excluding hydrogens is 306 g/mol. The van der Waals surface area contributed by atoms with Crippen molar-refractivity contribution in [1.29, 1.82) is 0 Å². The number of nitrogens with one attached hydrogen (secondary N) is 1. The van der Waals surface area contributed by atoms with Crippen molar-refractivity contribution in [3.8, 4) is 0 Å². The lowest BCUT2D eigenvalue weighted by Crippen LogP contribution is -2.56.